The highest BCUT2D eigenvalue weighted by Crippen LogP contribution is 2.51. The molecule has 2 aliphatic rings. The number of nitro groups is 1. The van der Waals surface area contributed by atoms with Crippen molar-refractivity contribution in [3.8, 4) is 34.1 Å². The van der Waals surface area contributed by atoms with Crippen LogP contribution in [-0.2, 0) is 16.8 Å². The zero-order chi connectivity index (χ0) is 34.7. The summed E-state index contributed by atoms with van der Waals surface area (Å²) in [6.07, 6.45) is 4.63. The monoisotopic (exact) mass is 671 g/mol. The molecule has 0 atom stereocenters. The summed E-state index contributed by atoms with van der Waals surface area (Å²) in [4.78, 5) is 28.7. The van der Waals surface area contributed by atoms with Gasteiger partial charge in [0, 0.05) is 50.4 Å². The minimum Gasteiger partial charge on any atom is -0.497 e. The number of nitrogens with zero attached hydrogens (tertiary/aromatic N) is 3. The van der Waals surface area contributed by atoms with E-state index in [2.05, 4.69) is 16.8 Å². The Kier molecular flexibility index (Phi) is 9.82. The molecule has 6 rings (SSSR count). The van der Waals surface area contributed by atoms with E-state index in [0.29, 0.717) is 42.3 Å². The molecule has 256 valence electrons. The summed E-state index contributed by atoms with van der Waals surface area (Å²) < 4.78 is 46.6. The van der Waals surface area contributed by atoms with E-state index in [-0.39, 0.29) is 23.3 Å². The molecule has 1 saturated heterocycles. The second-order valence-corrected chi connectivity index (χ2v) is 12.9. The van der Waals surface area contributed by atoms with Gasteiger partial charge in [0.1, 0.15) is 35.5 Å². The first-order chi connectivity index (χ1) is 23.6. The molecule has 1 aliphatic carbocycles. The third-order valence-electron chi connectivity index (χ3n) is 9.60. The topological polar surface area (TPSA) is 94.4 Å². The number of likely N-dealkylation sites (tertiary alicyclic amines) is 1. The summed E-state index contributed by atoms with van der Waals surface area (Å²) >= 11 is 0. The minimum absolute atomic E-state index is 0.102. The highest BCUT2D eigenvalue weighted by atomic mass is 19.1. The number of carbonyl (C=O) groups is 1. The van der Waals surface area contributed by atoms with E-state index in [1.165, 1.54) is 24.3 Å². The number of piperidine rings is 1. The standard InChI is InChI=1S/C38H39F2N3O6/c1-41-17-13-30(14-18-41)48-36-20-26(31-22-28(43(45)46)8-12-34(31)49-35-11-7-27(39)21-33(35)40)19-32(38(24-44)15-4-16-38)37(36)42(2)23-25-5-9-29(47-3)10-6-25/h5-12,19-22,24,30H,4,13-18,23H2,1-3H3. The van der Waals surface area contributed by atoms with E-state index in [1.807, 2.05) is 43.4 Å². The lowest BCUT2D eigenvalue weighted by molar-refractivity contribution is -0.384. The number of non-ortho nitro benzene ring substituents is 1. The number of benzene rings is 4. The van der Waals surface area contributed by atoms with Gasteiger partial charge in [-0.15, -0.1) is 0 Å². The van der Waals surface area contributed by atoms with E-state index in [4.69, 9.17) is 14.2 Å². The van der Waals surface area contributed by atoms with Crippen LogP contribution in [0, 0.1) is 21.7 Å². The highest BCUT2D eigenvalue weighted by Gasteiger charge is 2.42. The second kappa shape index (κ2) is 14.2. The molecule has 0 bridgehead atoms. The first kappa shape index (κ1) is 33.9. The predicted molar refractivity (Wildman–Crippen MR) is 183 cm³/mol. The van der Waals surface area contributed by atoms with Gasteiger partial charge in [0.25, 0.3) is 5.69 Å². The summed E-state index contributed by atoms with van der Waals surface area (Å²) in [6.45, 7) is 2.22. The second-order valence-electron chi connectivity index (χ2n) is 12.9. The summed E-state index contributed by atoms with van der Waals surface area (Å²) in [5.74, 6) is -0.507. The molecule has 0 unspecified atom stereocenters. The highest BCUT2D eigenvalue weighted by molar-refractivity contribution is 5.84. The molecule has 2 fully saturated rings. The number of hydrogen-bond acceptors (Lipinski definition) is 8. The van der Waals surface area contributed by atoms with Gasteiger partial charge in [-0.2, -0.15) is 0 Å². The van der Waals surface area contributed by atoms with Crippen molar-refractivity contribution in [2.24, 2.45) is 0 Å². The van der Waals surface area contributed by atoms with Gasteiger partial charge < -0.3 is 28.8 Å². The van der Waals surface area contributed by atoms with Crippen LogP contribution >= 0.6 is 0 Å². The molecule has 9 nitrogen and oxygen atoms in total. The fourth-order valence-corrected chi connectivity index (χ4v) is 6.62. The number of anilines is 1. The Hall–Kier alpha value is -5.03. The van der Waals surface area contributed by atoms with Gasteiger partial charge in [-0.05, 0) is 91.9 Å². The van der Waals surface area contributed by atoms with Crippen LogP contribution < -0.4 is 19.1 Å². The van der Waals surface area contributed by atoms with Crippen LogP contribution in [0.1, 0.15) is 43.2 Å². The molecule has 11 heteroatoms. The van der Waals surface area contributed by atoms with Crippen LogP contribution in [-0.4, -0.2) is 56.5 Å². The lowest BCUT2D eigenvalue weighted by Crippen LogP contribution is -2.38. The van der Waals surface area contributed by atoms with Crippen molar-refractivity contribution in [1.29, 1.82) is 0 Å². The van der Waals surface area contributed by atoms with Gasteiger partial charge in [0.2, 0.25) is 0 Å². The van der Waals surface area contributed by atoms with Crippen LogP contribution in [0.4, 0.5) is 20.2 Å². The van der Waals surface area contributed by atoms with Crippen LogP contribution in [0.3, 0.4) is 0 Å². The molecule has 0 radical (unpaired) electrons. The summed E-state index contributed by atoms with van der Waals surface area (Å²) in [5, 5.41) is 12.0. The summed E-state index contributed by atoms with van der Waals surface area (Å²) in [5.41, 5.74) is 2.35. The van der Waals surface area contributed by atoms with Gasteiger partial charge in [-0.3, -0.25) is 10.1 Å². The van der Waals surface area contributed by atoms with E-state index >= 15 is 0 Å². The number of carbonyl (C=O) groups excluding carboxylic acids is 1. The minimum atomic E-state index is -0.916. The third kappa shape index (κ3) is 7.22. The number of methoxy groups -OCH3 is 1. The first-order valence-corrected chi connectivity index (χ1v) is 16.3. The van der Waals surface area contributed by atoms with E-state index < -0.39 is 22.0 Å². The molecule has 0 aromatic heterocycles. The van der Waals surface area contributed by atoms with Crippen LogP contribution in [0.15, 0.2) is 72.8 Å². The average Bonchev–Trinajstić information content (AvgIpc) is 3.07. The van der Waals surface area contributed by atoms with Crippen LogP contribution in [0.25, 0.3) is 11.1 Å². The molecule has 1 saturated carbocycles. The van der Waals surface area contributed by atoms with Gasteiger partial charge >= 0.3 is 0 Å². The van der Waals surface area contributed by atoms with Crippen molar-refractivity contribution in [2.45, 2.75) is 50.2 Å². The number of hydrogen-bond donors (Lipinski definition) is 0. The fraction of sp³-hybridized carbons (Fsp3) is 0.342. The van der Waals surface area contributed by atoms with Gasteiger partial charge in [-0.25, -0.2) is 8.78 Å². The van der Waals surface area contributed by atoms with Gasteiger partial charge in [0.05, 0.1) is 23.1 Å². The molecular weight excluding hydrogens is 632 g/mol. The lowest BCUT2D eigenvalue weighted by atomic mass is 9.64. The molecule has 4 aromatic carbocycles. The Balaban J connectivity index is 1.53. The Bertz CT molecular complexity index is 1840. The fourth-order valence-electron chi connectivity index (χ4n) is 6.62. The molecule has 49 heavy (non-hydrogen) atoms. The van der Waals surface area contributed by atoms with E-state index in [9.17, 15) is 23.7 Å². The average molecular weight is 672 g/mol. The molecule has 4 aromatic rings. The quantitative estimate of drug-likeness (QED) is 0.0848. The van der Waals surface area contributed by atoms with E-state index in [0.717, 1.165) is 67.3 Å². The normalized spacial score (nSPS) is 16.0. The Morgan fingerprint density at radius 2 is 1.69 bits per heavy atom. The van der Waals surface area contributed by atoms with Gasteiger partial charge in [-0.1, -0.05) is 18.6 Å². The Labute approximate surface area is 284 Å². The van der Waals surface area contributed by atoms with Crippen molar-refractivity contribution >= 4 is 17.7 Å². The van der Waals surface area contributed by atoms with E-state index in [1.54, 1.807) is 7.11 Å². The van der Waals surface area contributed by atoms with Gasteiger partial charge in [0.15, 0.2) is 11.6 Å². The van der Waals surface area contributed by atoms with Crippen molar-refractivity contribution in [3.63, 3.8) is 0 Å². The number of rotatable bonds is 12. The van der Waals surface area contributed by atoms with Crippen molar-refractivity contribution in [2.75, 3.05) is 39.2 Å². The zero-order valence-corrected chi connectivity index (χ0v) is 27.8. The lowest BCUT2D eigenvalue weighted by Gasteiger charge is -2.41. The number of nitro benzene ring substituents is 1. The maximum atomic E-state index is 14.8. The van der Waals surface area contributed by atoms with Crippen molar-refractivity contribution < 1.29 is 32.7 Å². The molecule has 0 amide bonds. The molecular formula is C38H39F2N3O6. The largest absolute Gasteiger partial charge is 0.497 e. The zero-order valence-electron chi connectivity index (χ0n) is 27.8. The van der Waals surface area contributed by atoms with Crippen LogP contribution in [0.5, 0.6) is 23.0 Å². The first-order valence-electron chi connectivity index (χ1n) is 16.3. The Morgan fingerprint density at radius 1 is 0.980 bits per heavy atom. The SMILES string of the molecule is COc1ccc(CN(C)c2c(OC3CCN(C)CC3)cc(-c3cc([N+](=O)[O-])ccc3Oc3ccc(F)cc3F)cc2C2(C=O)CCC2)cc1. The molecule has 1 heterocycles. The number of ether oxygens (including phenoxy) is 3. The molecule has 0 spiro atoms. The molecule has 0 N–H and O–H groups in total. The third-order valence-corrected chi connectivity index (χ3v) is 9.60. The number of aldehydes is 1. The molecule has 1 aliphatic heterocycles. The van der Waals surface area contributed by atoms with Crippen LogP contribution in [0.2, 0.25) is 0 Å². The maximum Gasteiger partial charge on any atom is 0.270 e. The van der Waals surface area contributed by atoms with Crippen molar-refractivity contribution in [1.82, 2.24) is 4.90 Å². The smallest absolute Gasteiger partial charge is 0.270 e. The van der Waals surface area contributed by atoms with Crippen molar-refractivity contribution in [3.05, 3.63) is 106 Å². The maximum absolute atomic E-state index is 14.8. The number of halogens is 2. The summed E-state index contributed by atoms with van der Waals surface area (Å²) in [6, 6.07) is 18.5. The Morgan fingerprint density at radius 3 is 2.31 bits per heavy atom. The predicted octanol–water partition coefficient (Wildman–Crippen LogP) is 8.07. The summed E-state index contributed by atoms with van der Waals surface area (Å²) in [7, 11) is 5.65.